The zero-order valence-electron chi connectivity index (χ0n) is 17.0. The molecule has 2 aliphatic rings. The first kappa shape index (κ1) is 21.2. The SMILES string of the molecule is C=CC=C=CC(=C)C1=CSC(c2cnc(N)c(=NC[C@H]3CCCNC3)n2C)C=C1. The maximum atomic E-state index is 6.14. The highest BCUT2D eigenvalue weighted by Crippen LogP contribution is 2.36. The van der Waals surface area contributed by atoms with Crippen LogP contribution >= 0.6 is 11.8 Å². The Morgan fingerprint density at radius 2 is 2.41 bits per heavy atom. The molecular weight excluding hydrogens is 378 g/mol. The summed E-state index contributed by atoms with van der Waals surface area (Å²) in [4.78, 5) is 9.23. The highest BCUT2D eigenvalue weighted by atomic mass is 32.2. The van der Waals surface area contributed by atoms with Crippen LogP contribution in [-0.2, 0) is 7.05 Å². The van der Waals surface area contributed by atoms with E-state index in [0.717, 1.165) is 42.0 Å². The first-order valence-electron chi connectivity index (χ1n) is 9.89. The number of piperidine rings is 1. The van der Waals surface area contributed by atoms with Crippen molar-refractivity contribution in [3.8, 4) is 0 Å². The molecular formula is C23H29N5S. The predicted molar refractivity (Wildman–Crippen MR) is 123 cm³/mol. The number of allylic oxidation sites excluding steroid dienone is 5. The molecule has 1 fully saturated rings. The average Bonchev–Trinajstić information content (AvgIpc) is 2.75. The van der Waals surface area contributed by atoms with Gasteiger partial charge in [0.25, 0.3) is 0 Å². The van der Waals surface area contributed by atoms with Gasteiger partial charge in [0.05, 0.1) is 17.1 Å². The first-order chi connectivity index (χ1) is 14.1. The van der Waals surface area contributed by atoms with Crippen LogP contribution < -0.4 is 16.5 Å². The lowest BCUT2D eigenvalue weighted by Gasteiger charge is -2.22. The van der Waals surface area contributed by atoms with Gasteiger partial charge < -0.3 is 15.6 Å². The summed E-state index contributed by atoms with van der Waals surface area (Å²) in [5, 5.41) is 5.72. The molecule has 152 valence electrons. The largest absolute Gasteiger partial charge is 0.381 e. The van der Waals surface area contributed by atoms with Crippen LogP contribution in [0.15, 0.2) is 77.0 Å². The molecule has 6 heteroatoms. The monoisotopic (exact) mass is 407 g/mol. The number of hydrogen-bond acceptors (Lipinski definition) is 5. The fourth-order valence-corrected chi connectivity index (χ4v) is 4.45. The van der Waals surface area contributed by atoms with Crippen LogP contribution in [0.3, 0.4) is 0 Å². The molecule has 3 rings (SSSR count). The highest BCUT2D eigenvalue weighted by molar-refractivity contribution is 8.02. The summed E-state index contributed by atoms with van der Waals surface area (Å²) >= 11 is 1.73. The van der Waals surface area contributed by atoms with E-state index in [9.17, 15) is 0 Å². The molecule has 29 heavy (non-hydrogen) atoms. The van der Waals surface area contributed by atoms with Crippen LogP contribution in [0.4, 0.5) is 5.82 Å². The molecule has 3 heterocycles. The van der Waals surface area contributed by atoms with Crippen LogP contribution in [0.2, 0.25) is 0 Å². The summed E-state index contributed by atoms with van der Waals surface area (Å²) in [6, 6.07) is 0. The summed E-state index contributed by atoms with van der Waals surface area (Å²) in [6.45, 7) is 10.7. The number of aromatic nitrogens is 2. The number of anilines is 1. The molecule has 0 amide bonds. The number of thioether (sulfide) groups is 1. The van der Waals surface area contributed by atoms with Gasteiger partial charge in [-0.05, 0) is 60.6 Å². The molecule has 3 N–H and O–H groups in total. The minimum Gasteiger partial charge on any atom is -0.381 e. The Morgan fingerprint density at radius 3 is 3.10 bits per heavy atom. The van der Waals surface area contributed by atoms with Gasteiger partial charge >= 0.3 is 0 Å². The Labute approximate surface area is 177 Å². The smallest absolute Gasteiger partial charge is 0.171 e. The molecule has 2 atom stereocenters. The third-order valence-electron chi connectivity index (χ3n) is 5.09. The number of rotatable bonds is 6. The quantitative estimate of drug-likeness (QED) is 0.559. The number of hydrogen-bond donors (Lipinski definition) is 2. The Kier molecular flexibility index (Phi) is 7.53. The van der Waals surface area contributed by atoms with Crippen molar-refractivity contribution >= 4 is 17.6 Å². The molecule has 0 saturated carbocycles. The average molecular weight is 408 g/mol. The van der Waals surface area contributed by atoms with Gasteiger partial charge in [0.2, 0.25) is 0 Å². The van der Waals surface area contributed by atoms with Crippen molar-refractivity contribution in [3.63, 3.8) is 0 Å². The zero-order chi connectivity index (χ0) is 20.6. The summed E-state index contributed by atoms with van der Waals surface area (Å²) < 4.78 is 2.07. The predicted octanol–water partition coefficient (Wildman–Crippen LogP) is 3.58. The van der Waals surface area contributed by atoms with Gasteiger partial charge in [-0.2, -0.15) is 0 Å². The third-order valence-corrected chi connectivity index (χ3v) is 6.18. The van der Waals surface area contributed by atoms with Crippen LogP contribution in [0.25, 0.3) is 0 Å². The second kappa shape index (κ2) is 10.3. The van der Waals surface area contributed by atoms with Crippen LogP contribution in [-0.4, -0.2) is 29.2 Å². The van der Waals surface area contributed by atoms with Gasteiger partial charge in [-0.25, -0.2) is 4.98 Å². The molecule has 0 aliphatic carbocycles. The van der Waals surface area contributed by atoms with E-state index in [-0.39, 0.29) is 5.25 Å². The summed E-state index contributed by atoms with van der Waals surface area (Å²) in [7, 11) is 2.01. The second-order valence-electron chi connectivity index (χ2n) is 7.23. The Hall–Kier alpha value is -2.53. The van der Waals surface area contributed by atoms with E-state index in [1.54, 1.807) is 23.9 Å². The maximum Gasteiger partial charge on any atom is 0.171 e. The molecule has 1 unspecified atom stereocenters. The lowest BCUT2D eigenvalue weighted by atomic mass is 10.0. The van der Waals surface area contributed by atoms with Gasteiger partial charge in [0.15, 0.2) is 11.3 Å². The fourth-order valence-electron chi connectivity index (χ4n) is 3.39. The summed E-state index contributed by atoms with van der Waals surface area (Å²) in [5.41, 5.74) is 13.0. The Bertz CT molecular complexity index is 954. The van der Waals surface area contributed by atoms with Crippen molar-refractivity contribution in [1.29, 1.82) is 0 Å². The molecule has 0 radical (unpaired) electrons. The maximum absolute atomic E-state index is 6.14. The van der Waals surface area contributed by atoms with Gasteiger partial charge in [-0.15, -0.1) is 17.5 Å². The highest BCUT2D eigenvalue weighted by Gasteiger charge is 2.17. The molecule has 1 saturated heterocycles. The van der Waals surface area contributed by atoms with E-state index in [1.165, 1.54) is 12.8 Å². The minimum atomic E-state index is 0.155. The van der Waals surface area contributed by atoms with E-state index in [0.29, 0.717) is 11.7 Å². The van der Waals surface area contributed by atoms with Crippen LogP contribution in [0, 0.1) is 5.92 Å². The zero-order valence-corrected chi connectivity index (χ0v) is 17.8. The van der Waals surface area contributed by atoms with E-state index in [1.807, 2.05) is 19.3 Å². The standard InChI is InChI=1S/C23H29N5S/c1-4-5-6-8-17(2)19-10-11-21(29-16-19)20-15-26-22(24)23(28(20)3)27-14-18-9-7-12-25-13-18/h4-5,8,10-11,15-16,18,21,25H,1-2,7,9,12-14H2,3H3,(H2,24,26)/t6?,18-,21?/m0/s1. The lowest BCUT2D eigenvalue weighted by molar-refractivity contribution is 0.383. The van der Waals surface area contributed by atoms with E-state index >= 15 is 0 Å². The van der Waals surface area contributed by atoms with Crippen molar-refractivity contribution in [2.45, 2.75) is 18.1 Å². The second-order valence-corrected chi connectivity index (χ2v) is 8.25. The number of nitrogen functional groups attached to an aromatic ring is 1. The molecule has 1 aromatic rings. The molecule has 1 aromatic heterocycles. The van der Waals surface area contributed by atoms with Crippen molar-refractivity contribution in [2.75, 3.05) is 25.4 Å². The van der Waals surface area contributed by atoms with Crippen molar-refractivity contribution in [1.82, 2.24) is 14.9 Å². The molecule has 2 aliphatic heterocycles. The summed E-state index contributed by atoms with van der Waals surface area (Å²) in [6.07, 6.45) is 13.8. The lowest BCUT2D eigenvalue weighted by Crippen LogP contribution is -2.33. The van der Waals surface area contributed by atoms with Crippen LogP contribution in [0.1, 0.15) is 23.8 Å². The number of nitrogens with one attached hydrogen (secondary N) is 1. The van der Waals surface area contributed by atoms with Gasteiger partial charge in [-0.1, -0.05) is 31.4 Å². The van der Waals surface area contributed by atoms with Crippen molar-refractivity contribution in [2.24, 2.45) is 18.0 Å². The van der Waals surface area contributed by atoms with E-state index in [2.05, 4.69) is 51.3 Å². The van der Waals surface area contributed by atoms with Gasteiger partial charge in [0, 0.05) is 13.6 Å². The minimum absolute atomic E-state index is 0.155. The Balaban J connectivity index is 1.77. The normalized spacial score (nSPS) is 21.8. The topological polar surface area (TPSA) is 68.2 Å². The van der Waals surface area contributed by atoms with E-state index in [4.69, 9.17) is 10.7 Å². The van der Waals surface area contributed by atoms with E-state index < -0.39 is 0 Å². The van der Waals surface area contributed by atoms with Gasteiger partial charge in [0.1, 0.15) is 0 Å². The Morgan fingerprint density at radius 1 is 1.55 bits per heavy atom. The molecule has 0 bridgehead atoms. The molecule has 5 nitrogen and oxygen atoms in total. The number of nitrogens with zero attached hydrogens (tertiary/aromatic N) is 3. The van der Waals surface area contributed by atoms with Gasteiger partial charge in [-0.3, -0.25) is 4.99 Å². The summed E-state index contributed by atoms with van der Waals surface area (Å²) in [5.74, 6) is 1.05. The molecule has 0 spiro atoms. The number of nitrogens with two attached hydrogens (primary N) is 1. The first-order valence-corrected chi connectivity index (χ1v) is 10.8. The van der Waals surface area contributed by atoms with Crippen LogP contribution in [0.5, 0.6) is 0 Å². The van der Waals surface area contributed by atoms with Crippen molar-refractivity contribution < 1.29 is 0 Å². The molecule has 0 aromatic carbocycles. The fraction of sp³-hybridized carbons (Fsp3) is 0.348. The van der Waals surface area contributed by atoms with Crippen molar-refractivity contribution in [3.05, 3.63) is 83.2 Å². The third kappa shape index (κ3) is 5.51.